The van der Waals surface area contributed by atoms with Gasteiger partial charge in [0, 0.05) is 0 Å². The maximum atomic E-state index is 11.9. The molecular weight excluding hydrogens is 272 g/mol. The van der Waals surface area contributed by atoms with Crippen molar-refractivity contribution in [1.82, 2.24) is 13.9 Å². The molecule has 0 fully saturated rings. The highest BCUT2D eigenvalue weighted by Crippen LogP contribution is 2.26. The van der Waals surface area contributed by atoms with Crippen LogP contribution in [-0.4, -0.2) is 28.6 Å². The summed E-state index contributed by atoms with van der Waals surface area (Å²) in [4.78, 5) is 6.66. The minimum Gasteiger partial charge on any atom is -0.343 e. The number of H-pyrrole nitrogens is 1. The van der Waals surface area contributed by atoms with Crippen LogP contribution < -0.4 is 0 Å². The van der Waals surface area contributed by atoms with Gasteiger partial charge in [-0.15, -0.1) is 0 Å². The largest absolute Gasteiger partial charge is 0.343 e. The molecule has 2 aromatic heterocycles. The van der Waals surface area contributed by atoms with Crippen LogP contribution in [0.2, 0.25) is 0 Å². The molecule has 2 heterocycles. The summed E-state index contributed by atoms with van der Waals surface area (Å²) in [6.45, 7) is 1.78. The molecule has 0 spiro atoms. The van der Waals surface area contributed by atoms with Gasteiger partial charge in [-0.1, -0.05) is 19.1 Å². The Hall–Kier alpha value is -1.72. The molecule has 0 saturated carbocycles. The Labute approximate surface area is 109 Å². The highest BCUT2D eigenvalue weighted by atomic mass is 32.2. The number of hydrogen-bond acceptors (Lipinski definition) is 5. The van der Waals surface area contributed by atoms with E-state index in [0.717, 1.165) is 10.2 Å². The van der Waals surface area contributed by atoms with Crippen molar-refractivity contribution in [1.29, 1.82) is 5.26 Å². The number of nitriles is 1. The van der Waals surface area contributed by atoms with Crippen LogP contribution in [0.5, 0.6) is 0 Å². The molecule has 0 unspecified atom stereocenters. The van der Waals surface area contributed by atoms with E-state index in [1.807, 2.05) is 6.07 Å². The first kappa shape index (κ1) is 12.7. The van der Waals surface area contributed by atoms with Crippen LogP contribution in [0.25, 0.3) is 11.0 Å². The maximum absolute atomic E-state index is 11.9. The monoisotopic (exact) mass is 282 g/mol. The fourth-order valence-electron chi connectivity index (χ4n) is 1.96. The average molecular weight is 282 g/mol. The Morgan fingerprint density at radius 2 is 2.28 bits per heavy atom. The van der Waals surface area contributed by atoms with Crippen LogP contribution in [0, 0.1) is 16.0 Å². The van der Waals surface area contributed by atoms with Crippen molar-refractivity contribution in [3.05, 3.63) is 22.2 Å². The molecule has 0 bridgehead atoms. The normalized spacial score (nSPS) is 11.6. The van der Waals surface area contributed by atoms with Gasteiger partial charge in [0.15, 0.2) is 4.64 Å². The van der Waals surface area contributed by atoms with Crippen molar-refractivity contribution in [3.8, 4) is 6.07 Å². The van der Waals surface area contributed by atoms with E-state index in [4.69, 9.17) is 12.2 Å². The summed E-state index contributed by atoms with van der Waals surface area (Å²) >= 11 is 5.05. The summed E-state index contributed by atoms with van der Waals surface area (Å²) in [5.41, 5.74) is 1.40. The third-order valence-electron chi connectivity index (χ3n) is 2.60. The highest BCUT2D eigenvalue weighted by Gasteiger charge is 2.23. The van der Waals surface area contributed by atoms with Gasteiger partial charge in [0.25, 0.3) is 0 Å². The van der Waals surface area contributed by atoms with Gasteiger partial charge >= 0.3 is 0 Å². The lowest BCUT2D eigenvalue weighted by molar-refractivity contribution is 0.593. The van der Waals surface area contributed by atoms with Gasteiger partial charge in [-0.2, -0.15) is 5.26 Å². The Balaban J connectivity index is 3.20. The molecule has 0 aliphatic rings. The molecule has 1 N–H and O–H groups in total. The predicted octanol–water partition coefficient (Wildman–Crippen LogP) is 1.34. The molecule has 0 radical (unpaired) electrons. The average Bonchev–Trinajstić information content (AvgIpc) is 2.63. The van der Waals surface area contributed by atoms with Crippen LogP contribution in [0.1, 0.15) is 18.2 Å². The molecule has 0 aliphatic carbocycles. The predicted molar refractivity (Wildman–Crippen MR) is 69.3 cm³/mol. The molecule has 94 valence electrons. The second kappa shape index (κ2) is 4.19. The summed E-state index contributed by atoms with van der Waals surface area (Å²) in [7, 11) is -3.55. The summed E-state index contributed by atoms with van der Waals surface area (Å²) in [5, 5.41) is 9.18. The zero-order valence-electron chi connectivity index (χ0n) is 9.76. The molecule has 0 atom stereocenters. The second-order valence-electron chi connectivity index (χ2n) is 3.75. The number of aromatic nitrogens is 3. The van der Waals surface area contributed by atoms with Crippen molar-refractivity contribution in [3.63, 3.8) is 0 Å². The van der Waals surface area contributed by atoms with Crippen molar-refractivity contribution in [2.45, 2.75) is 13.3 Å². The fraction of sp³-hybridized carbons (Fsp3) is 0.300. The maximum Gasteiger partial charge on any atom is 0.236 e. The Morgan fingerprint density at radius 1 is 1.61 bits per heavy atom. The van der Waals surface area contributed by atoms with E-state index in [-0.39, 0.29) is 10.2 Å². The lowest BCUT2D eigenvalue weighted by atomic mass is 10.2. The van der Waals surface area contributed by atoms with Crippen LogP contribution >= 0.6 is 12.2 Å². The minimum absolute atomic E-state index is 0.158. The zero-order chi connectivity index (χ0) is 13.5. The summed E-state index contributed by atoms with van der Waals surface area (Å²) in [6, 6.07) is 2.02. The van der Waals surface area contributed by atoms with Crippen molar-refractivity contribution in [2.24, 2.45) is 0 Å². The van der Waals surface area contributed by atoms with Gasteiger partial charge in [-0.3, -0.25) is 0 Å². The van der Waals surface area contributed by atoms with Gasteiger partial charge in [-0.05, 0) is 6.42 Å². The zero-order valence-corrected chi connectivity index (χ0v) is 11.4. The Kier molecular flexibility index (Phi) is 2.96. The van der Waals surface area contributed by atoms with E-state index in [0.29, 0.717) is 23.2 Å². The Morgan fingerprint density at radius 3 is 2.78 bits per heavy atom. The quantitative estimate of drug-likeness (QED) is 0.839. The fourth-order valence-corrected chi connectivity index (χ4v) is 3.39. The molecule has 8 heteroatoms. The lowest BCUT2D eigenvalue weighted by Crippen LogP contribution is -2.13. The molecular formula is C10H10N4O2S2. The van der Waals surface area contributed by atoms with E-state index in [1.165, 1.54) is 6.33 Å². The standard InChI is InChI=1S/C10H10N4O2S2/c1-3-7-6(4-11)8-9(10(17)13-5-12-8)14(7)18(2,15)16/h5H,3H2,1-2H3,(H,12,13,17). The number of nitrogens with one attached hydrogen (secondary N) is 1. The third kappa shape index (κ3) is 1.72. The Bertz CT molecular complexity index is 824. The van der Waals surface area contributed by atoms with Crippen LogP contribution in [0.3, 0.4) is 0 Å². The molecule has 0 aromatic carbocycles. The number of fused-ring (bicyclic) bond motifs is 1. The second-order valence-corrected chi connectivity index (χ2v) is 5.96. The lowest BCUT2D eigenvalue weighted by Gasteiger charge is -2.05. The van der Waals surface area contributed by atoms with E-state index >= 15 is 0 Å². The topological polar surface area (TPSA) is 91.5 Å². The van der Waals surface area contributed by atoms with Crippen molar-refractivity contribution >= 4 is 33.3 Å². The van der Waals surface area contributed by atoms with Crippen LogP contribution in [0.15, 0.2) is 6.33 Å². The first-order valence-electron chi connectivity index (χ1n) is 5.13. The van der Waals surface area contributed by atoms with Gasteiger partial charge < -0.3 is 4.98 Å². The van der Waals surface area contributed by atoms with Crippen LogP contribution in [-0.2, 0) is 16.4 Å². The first-order chi connectivity index (χ1) is 8.41. The number of aromatic amines is 1. The number of nitrogens with zero attached hydrogens (tertiary/aromatic N) is 3. The third-order valence-corrected chi connectivity index (χ3v) is 3.96. The molecule has 0 aliphatic heterocycles. The molecule has 2 rings (SSSR count). The van der Waals surface area contributed by atoms with E-state index < -0.39 is 10.0 Å². The number of hydrogen-bond donors (Lipinski definition) is 1. The SMILES string of the molecule is CCc1c(C#N)c2[nH]cnc(=S)c2n1S(C)(=O)=O. The van der Waals surface area contributed by atoms with Crippen molar-refractivity contribution < 1.29 is 8.42 Å². The van der Waals surface area contributed by atoms with E-state index in [1.54, 1.807) is 6.92 Å². The summed E-state index contributed by atoms with van der Waals surface area (Å²) in [5.74, 6) is 0. The van der Waals surface area contributed by atoms with Gasteiger partial charge in [0.1, 0.15) is 11.6 Å². The van der Waals surface area contributed by atoms with Gasteiger partial charge in [0.05, 0.1) is 29.4 Å². The molecule has 0 amide bonds. The molecule has 6 nitrogen and oxygen atoms in total. The number of rotatable bonds is 2. The summed E-state index contributed by atoms with van der Waals surface area (Å²) < 4.78 is 25.0. The van der Waals surface area contributed by atoms with E-state index in [9.17, 15) is 13.7 Å². The smallest absolute Gasteiger partial charge is 0.236 e. The minimum atomic E-state index is -3.55. The van der Waals surface area contributed by atoms with E-state index in [2.05, 4.69) is 9.97 Å². The van der Waals surface area contributed by atoms with Gasteiger partial charge in [-0.25, -0.2) is 17.4 Å². The summed E-state index contributed by atoms with van der Waals surface area (Å²) in [6.07, 6.45) is 2.85. The van der Waals surface area contributed by atoms with Crippen molar-refractivity contribution in [2.75, 3.05) is 6.26 Å². The van der Waals surface area contributed by atoms with Gasteiger partial charge in [0.2, 0.25) is 10.0 Å². The van der Waals surface area contributed by atoms with Crippen LogP contribution in [0.4, 0.5) is 0 Å². The molecule has 0 saturated heterocycles. The molecule has 2 aromatic rings. The first-order valence-corrected chi connectivity index (χ1v) is 7.39. The molecule has 18 heavy (non-hydrogen) atoms. The highest BCUT2D eigenvalue weighted by molar-refractivity contribution is 7.89.